The highest BCUT2D eigenvalue weighted by atomic mass is 79.9. The minimum Gasteiger partial charge on any atom is -0.436 e. The first kappa shape index (κ1) is 17.5. The summed E-state index contributed by atoms with van der Waals surface area (Å²) in [5.41, 5.74) is 2.36. The number of nitrogens with one attached hydrogen (secondary N) is 1. The Labute approximate surface area is 145 Å². The highest BCUT2D eigenvalue weighted by Crippen LogP contribution is 2.32. The van der Waals surface area contributed by atoms with E-state index in [0.717, 1.165) is 27.0 Å². The lowest BCUT2D eigenvalue weighted by atomic mass is 10.1. The van der Waals surface area contributed by atoms with Crippen molar-refractivity contribution >= 4 is 32.8 Å². The largest absolute Gasteiger partial charge is 0.436 e. The summed E-state index contributed by atoms with van der Waals surface area (Å²) >= 11 is 3.46. The Morgan fingerprint density at radius 3 is 2.48 bits per heavy atom. The minimum absolute atomic E-state index is 0.0956. The number of nitrogens with zero attached hydrogens (tertiary/aromatic N) is 2. The number of pyridine rings is 1. The lowest BCUT2D eigenvalue weighted by molar-refractivity contribution is 0.614. The summed E-state index contributed by atoms with van der Waals surface area (Å²) in [6.07, 6.45) is 1.76. The second-order valence-electron chi connectivity index (χ2n) is 5.91. The maximum atomic E-state index is 5.85. The van der Waals surface area contributed by atoms with Crippen molar-refractivity contribution < 1.29 is 4.42 Å². The molecule has 0 aliphatic carbocycles. The van der Waals surface area contributed by atoms with Crippen molar-refractivity contribution in [1.82, 2.24) is 9.97 Å². The van der Waals surface area contributed by atoms with Crippen LogP contribution in [0.25, 0.3) is 22.6 Å². The molecule has 0 spiro atoms. The lowest BCUT2D eigenvalue weighted by Gasteiger charge is -2.22. The molecule has 2 aromatic heterocycles. The van der Waals surface area contributed by atoms with Crippen LogP contribution < -0.4 is 5.32 Å². The van der Waals surface area contributed by atoms with Gasteiger partial charge in [0, 0.05) is 16.2 Å². The fourth-order valence-electron chi connectivity index (χ4n) is 2.04. The van der Waals surface area contributed by atoms with Crippen molar-refractivity contribution in [3.05, 3.63) is 41.0 Å². The zero-order chi connectivity index (χ0) is 17.0. The number of hydrogen-bond acceptors (Lipinski definition) is 4. The van der Waals surface area contributed by atoms with Gasteiger partial charge in [-0.2, -0.15) is 0 Å². The second kappa shape index (κ2) is 7.13. The summed E-state index contributed by atoms with van der Waals surface area (Å²) in [5.74, 6) is 1.33. The molecule has 1 aromatic carbocycles. The van der Waals surface area contributed by atoms with E-state index in [4.69, 9.17) is 4.42 Å². The van der Waals surface area contributed by atoms with E-state index in [1.165, 1.54) is 0 Å². The molecule has 2 heterocycles. The minimum atomic E-state index is -0.0956. The molecule has 5 heteroatoms. The first-order chi connectivity index (χ1) is 10.9. The Morgan fingerprint density at radius 1 is 1.13 bits per heavy atom. The monoisotopic (exact) mass is 375 g/mol. The Bertz CT molecular complexity index is 757. The number of anilines is 1. The summed E-state index contributed by atoms with van der Waals surface area (Å²) < 4.78 is 6.74. The van der Waals surface area contributed by atoms with Gasteiger partial charge in [-0.05, 0) is 54.9 Å². The van der Waals surface area contributed by atoms with Gasteiger partial charge in [0.2, 0.25) is 5.89 Å². The summed E-state index contributed by atoms with van der Waals surface area (Å²) in [5, 5.41) is 3.39. The van der Waals surface area contributed by atoms with E-state index < -0.39 is 0 Å². The molecule has 4 nitrogen and oxygen atoms in total. The van der Waals surface area contributed by atoms with Gasteiger partial charge in [-0.1, -0.05) is 26.0 Å². The molecule has 0 atom stereocenters. The van der Waals surface area contributed by atoms with E-state index in [2.05, 4.69) is 52.0 Å². The average molecular weight is 376 g/mol. The molecule has 0 aliphatic heterocycles. The summed E-state index contributed by atoms with van der Waals surface area (Å²) in [4.78, 5) is 9.00. The molecule has 122 valence electrons. The molecule has 0 saturated carbocycles. The SMILES string of the molecule is CC.CC(C)(C)Nc1ncc(Br)cc1-c1nc2ccccc2o1. The van der Waals surface area contributed by atoms with Crippen molar-refractivity contribution in [1.29, 1.82) is 0 Å². The molecule has 23 heavy (non-hydrogen) atoms. The maximum absolute atomic E-state index is 5.85. The van der Waals surface area contributed by atoms with Crippen LogP contribution in [-0.2, 0) is 0 Å². The Balaban J connectivity index is 0.000000924. The van der Waals surface area contributed by atoms with Crippen LogP contribution in [0.2, 0.25) is 0 Å². The Kier molecular flexibility index (Phi) is 5.42. The first-order valence-corrected chi connectivity index (χ1v) is 8.51. The third-order valence-electron chi connectivity index (χ3n) is 2.87. The number of hydrogen-bond donors (Lipinski definition) is 1. The van der Waals surface area contributed by atoms with Crippen LogP contribution in [0.5, 0.6) is 0 Å². The first-order valence-electron chi connectivity index (χ1n) is 7.72. The smallest absolute Gasteiger partial charge is 0.231 e. The van der Waals surface area contributed by atoms with E-state index in [1.807, 2.05) is 44.2 Å². The normalized spacial score (nSPS) is 11.0. The third kappa shape index (κ3) is 4.32. The van der Waals surface area contributed by atoms with Gasteiger partial charge < -0.3 is 9.73 Å². The van der Waals surface area contributed by atoms with Crippen LogP contribution in [0.3, 0.4) is 0 Å². The Hall–Kier alpha value is -1.88. The van der Waals surface area contributed by atoms with Gasteiger partial charge in [-0.25, -0.2) is 9.97 Å². The lowest BCUT2D eigenvalue weighted by Crippen LogP contribution is -2.27. The molecule has 0 saturated heterocycles. The van der Waals surface area contributed by atoms with Crippen LogP contribution in [0.1, 0.15) is 34.6 Å². The molecule has 0 amide bonds. The van der Waals surface area contributed by atoms with Gasteiger partial charge in [0.25, 0.3) is 0 Å². The Morgan fingerprint density at radius 2 is 1.83 bits per heavy atom. The van der Waals surface area contributed by atoms with Crippen LogP contribution in [0.15, 0.2) is 45.4 Å². The van der Waals surface area contributed by atoms with Crippen molar-refractivity contribution in [2.45, 2.75) is 40.2 Å². The topological polar surface area (TPSA) is 51.0 Å². The van der Waals surface area contributed by atoms with Gasteiger partial charge in [0.05, 0.1) is 5.56 Å². The van der Waals surface area contributed by atoms with Crippen LogP contribution >= 0.6 is 15.9 Å². The molecule has 0 aliphatic rings. The molecular formula is C18H22BrN3O. The predicted octanol–water partition coefficient (Wildman–Crippen LogP) is 5.89. The van der Waals surface area contributed by atoms with E-state index in [1.54, 1.807) is 6.20 Å². The van der Waals surface area contributed by atoms with Gasteiger partial charge in [0.15, 0.2) is 5.58 Å². The second-order valence-corrected chi connectivity index (χ2v) is 6.83. The number of fused-ring (bicyclic) bond motifs is 1. The number of halogens is 1. The summed E-state index contributed by atoms with van der Waals surface area (Å²) in [7, 11) is 0. The summed E-state index contributed by atoms with van der Waals surface area (Å²) in [6, 6.07) is 9.69. The van der Waals surface area contributed by atoms with Crippen LogP contribution in [0, 0.1) is 0 Å². The molecular weight excluding hydrogens is 354 g/mol. The van der Waals surface area contributed by atoms with Gasteiger partial charge >= 0.3 is 0 Å². The van der Waals surface area contributed by atoms with Gasteiger partial charge in [-0.15, -0.1) is 0 Å². The van der Waals surface area contributed by atoms with Crippen molar-refractivity contribution in [2.75, 3.05) is 5.32 Å². The van der Waals surface area contributed by atoms with E-state index in [0.29, 0.717) is 5.89 Å². The number of oxazole rings is 1. The van der Waals surface area contributed by atoms with E-state index in [-0.39, 0.29) is 5.54 Å². The quantitative estimate of drug-likeness (QED) is 0.606. The molecule has 0 bridgehead atoms. The zero-order valence-corrected chi connectivity index (χ0v) is 15.7. The fraction of sp³-hybridized carbons (Fsp3) is 0.333. The summed E-state index contributed by atoms with van der Waals surface area (Å²) in [6.45, 7) is 10.3. The predicted molar refractivity (Wildman–Crippen MR) is 99.7 cm³/mol. The number of benzene rings is 1. The van der Waals surface area contributed by atoms with E-state index >= 15 is 0 Å². The molecule has 3 rings (SSSR count). The van der Waals surface area contributed by atoms with Crippen LogP contribution in [-0.4, -0.2) is 15.5 Å². The highest BCUT2D eigenvalue weighted by Gasteiger charge is 2.18. The van der Waals surface area contributed by atoms with Gasteiger partial charge in [-0.3, -0.25) is 0 Å². The maximum Gasteiger partial charge on any atom is 0.231 e. The van der Waals surface area contributed by atoms with Crippen molar-refractivity contribution in [3.8, 4) is 11.5 Å². The molecule has 0 radical (unpaired) electrons. The number of rotatable bonds is 2. The van der Waals surface area contributed by atoms with Gasteiger partial charge in [0.1, 0.15) is 11.3 Å². The standard InChI is InChI=1S/C16H16BrN3O.C2H6/c1-16(2,3)20-14-11(8-10(17)9-18-14)15-19-12-6-4-5-7-13(12)21-15;1-2/h4-9H,1-3H3,(H,18,20);1-2H3. The van der Waals surface area contributed by atoms with Crippen molar-refractivity contribution in [3.63, 3.8) is 0 Å². The fourth-order valence-corrected chi connectivity index (χ4v) is 2.38. The highest BCUT2D eigenvalue weighted by molar-refractivity contribution is 9.10. The van der Waals surface area contributed by atoms with Crippen molar-refractivity contribution in [2.24, 2.45) is 0 Å². The van der Waals surface area contributed by atoms with Crippen LogP contribution in [0.4, 0.5) is 5.82 Å². The third-order valence-corrected chi connectivity index (χ3v) is 3.31. The molecule has 0 unspecified atom stereocenters. The molecule has 1 N–H and O–H groups in total. The number of para-hydroxylation sites is 2. The zero-order valence-electron chi connectivity index (χ0n) is 14.1. The number of aromatic nitrogens is 2. The molecule has 0 fully saturated rings. The van der Waals surface area contributed by atoms with E-state index in [9.17, 15) is 0 Å². The molecule has 3 aromatic rings. The average Bonchev–Trinajstić information content (AvgIpc) is 2.93.